The summed E-state index contributed by atoms with van der Waals surface area (Å²) in [5, 5.41) is -0.239. The number of benzene rings is 1. The fourth-order valence-electron chi connectivity index (χ4n) is 4.44. The zero-order chi connectivity index (χ0) is 26.1. The molecule has 0 bridgehead atoms. The molecule has 3 aliphatic heterocycles. The summed E-state index contributed by atoms with van der Waals surface area (Å²) in [6.07, 6.45) is -3.09. The van der Waals surface area contributed by atoms with Crippen molar-refractivity contribution in [2.75, 3.05) is 24.6 Å². The first-order chi connectivity index (χ1) is 16.7. The molecule has 7 nitrogen and oxygen atoms in total. The van der Waals surface area contributed by atoms with Gasteiger partial charge >= 0.3 is 6.18 Å². The number of nitrogens with one attached hydrogen (secondary N) is 1. The molecule has 194 valence electrons. The monoisotopic (exact) mass is 551 g/mol. The number of hydrogen-bond acceptors (Lipinski definition) is 6. The summed E-state index contributed by atoms with van der Waals surface area (Å²) in [5.74, 6) is -1.92. The number of halogens is 6. The molecule has 0 aliphatic carbocycles. The second kappa shape index (κ2) is 8.28. The summed E-state index contributed by atoms with van der Waals surface area (Å²) >= 11 is 5.75. The number of hydrogen-bond donors (Lipinski definition) is 3. The lowest BCUT2D eigenvalue weighted by atomic mass is 9.89. The normalized spacial score (nSPS) is 25.9. The van der Waals surface area contributed by atoms with E-state index in [1.165, 1.54) is 17.0 Å². The number of carbonyl (C=O) groups is 1. The van der Waals surface area contributed by atoms with Gasteiger partial charge in [-0.15, -0.1) is 0 Å². The van der Waals surface area contributed by atoms with Crippen molar-refractivity contribution in [1.29, 1.82) is 0 Å². The first-order valence-electron chi connectivity index (χ1n) is 10.6. The molecule has 4 heterocycles. The van der Waals surface area contributed by atoms with E-state index in [4.69, 9.17) is 16.4 Å². The number of alkyl halides is 4. The lowest BCUT2D eigenvalue weighted by molar-refractivity contribution is -0.269. The molecule has 0 radical (unpaired) electrons. The first kappa shape index (κ1) is 25.2. The maximum absolute atomic E-state index is 15.3. The first-order valence-corrected chi connectivity index (χ1v) is 12.9. The largest absolute Gasteiger partial charge is 0.428 e. The molecule has 0 spiro atoms. The fraction of sp³-hybridized carbons (Fsp3) is 0.364. The van der Waals surface area contributed by atoms with Crippen LogP contribution < -0.4 is 5.48 Å². The Labute approximate surface area is 208 Å². The van der Waals surface area contributed by atoms with Crippen LogP contribution in [0.4, 0.5) is 22.0 Å². The summed E-state index contributed by atoms with van der Waals surface area (Å²) in [4.78, 5) is 22.5. The van der Waals surface area contributed by atoms with Crippen LogP contribution in [0.2, 0.25) is 5.02 Å². The van der Waals surface area contributed by atoms with Gasteiger partial charge in [-0.05, 0) is 36.4 Å². The molecule has 2 aromatic rings. The quantitative estimate of drug-likeness (QED) is 0.481. The zero-order valence-electron chi connectivity index (χ0n) is 18.2. The van der Waals surface area contributed by atoms with Crippen LogP contribution in [0.3, 0.4) is 0 Å². The molecule has 1 unspecified atom stereocenters. The molecule has 1 aromatic heterocycles. The van der Waals surface area contributed by atoms with E-state index in [2.05, 4.69) is 10.5 Å². The van der Waals surface area contributed by atoms with Crippen molar-refractivity contribution in [2.24, 2.45) is 5.92 Å². The molecule has 1 amide bonds. The highest BCUT2D eigenvalue weighted by Crippen LogP contribution is 2.53. The molecule has 36 heavy (non-hydrogen) atoms. The molecule has 2 fully saturated rings. The molecular formula is C22H19ClF5N3O4S. The van der Waals surface area contributed by atoms with Gasteiger partial charge in [-0.25, -0.2) is 8.78 Å². The number of rotatable bonds is 4. The van der Waals surface area contributed by atoms with Crippen molar-refractivity contribution >= 4 is 33.8 Å². The fourth-order valence-corrected chi connectivity index (χ4v) is 6.14. The molecule has 14 heteroatoms. The van der Waals surface area contributed by atoms with Crippen LogP contribution in [0, 0.1) is 11.7 Å². The summed E-state index contributed by atoms with van der Waals surface area (Å²) in [6, 6.07) is 5.13. The van der Waals surface area contributed by atoms with E-state index in [-0.39, 0.29) is 52.5 Å². The van der Waals surface area contributed by atoms with Crippen molar-refractivity contribution in [1.82, 2.24) is 15.4 Å². The highest BCUT2D eigenvalue weighted by molar-refractivity contribution is 8.25. The minimum Gasteiger partial charge on any atom is -0.335 e. The highest BCUT2D eigenvalue weighted by Gasteiger charge is 2.60. The van der Waals surface area contributed by atoms with Crippen molar-refractivity contribution in [3.8, 4) is 0 Å². The molecule has 3 N–H and O–H groups in total. The smallest absolute Gasteiger partial charge is 0.335 e. The van der Waals surface area contributed by atoms with E-state index in [9.17, 15) is 31.5 Å². The van der Waals surface area contributed by atoms with E-state index < -0.39 is 45.3 Å². The lowest BCUT2D eigenvalue weighted by Gasteiger charge is -2.51. The average molecular weight is 552 g/mol. The third-order valence-corrected chi connectivity index (χ3v) is 8.49. The van der Waals surface area contributed by atoms with Crippen LogP contribution in [-0.4, -0.2) is 55.7 Å². The maximum atomic E-state index is 15.3. The van der Waals surface area contributed by atoms with Gasteiger partial charge in [-0.1, -0.05) is 11.6 Å². The number of nitrogens with zero attached hydrogens (tertiary/aromatic N) is 2. The molecule has 2 saturated heterocycles. The summed E-state index contributed by atoms with van der Waals surface area (Å²) in [5.41, 5.74) is -3.30. The molecule has 3 aliphatic rings. The summed E-state index contributed by atoms with van der Waals surface area (Å²) < 4.78 is 90.1. The summed E-state index contributed by atoms with van der Waals surface area (Å²) in [7, 11) is -2.70. The second-order valence-corrected chi connectivity index (χ2v) is 11.8. The van der Waals surface area contributed by atoms with Gasteiger partial charge in [0.15, 0.2) is 5.67 Å². The predicted octanol–water partition coefficient (Wildman–Crippen LogP) is 4.60. The van der Waals surface area contributed by atoms with E-state index in [1.54, 1.807) is 0 Å². The Morgan fingerprint density at radius 2 is 1.92 bits per heavy atom. The Hall–Kier alpha value is -2.45. The molecule has 0 saturated carbocycles. The third kappa shape index (κ3) is 4.22. The van der Waals surface area contributed by atoms with Gasteiger partial charge < -0.3 is 4.90 Å². The number of likely N-dealkylation sites (tertiary alicyclic amines) is 1. The van der Waals surface area contributed by atoms with E-state index in [0.29, 0.717) is 6.07 Å². The van der Waals surface area contributed by atoms with Crippen LogP contribution in [0.1, 0.15) is 16.8 Å². The van der Waals surface area contributed by atoms with E-state index in [0.717, 1.165) is 24.4 Å². The average Bonchev–Trinajstić information content (AvgIpc) is 3.21. The topological polar surface area (TPSA) is 94.9 Å². The zero-order valence-corrected chi connectivity index (χ0v) is 19.8. The molecular weight excluding hydrogens is 533 g/mol. The minimum atomic E-state index is -4.98. The third-order valence-electron chi connectivity index (χ3n) is 6.40. The van der Waals surface area contributed by atoms with Crippen LogP contribution in [0.15, 0.2) is 42.6 Å². The number of pyridine rings is 1. The van der Waals surface area contributed by atoms with Crippen LogP contribution in [0.5, 0.6) is 0 Å². The van der Waals surface area contributed by atoms with E-state index in [1.807, 2.05) is 0 Å². The van der Waals surface area contributed by atoms with Crippen molar-refractivity contribution < 1.29 is 40.7 Å². The van der Waals surface area contributed by atoms with Gasteiger partial charge in [0, 0.05) is 22.3 Å². The Morgan fingerprint density at radius 3 is 2.47 bits per heavy atom. The Morgan fingerprint density at radius 1 is 1.22 bits per heavy atom. The van der Waals surface area contributed by atoms with Crippen LogP contribution in [-0.2, 0) is 20.9 Å². The van der Waals surface area contributed by atoms with Gasteiger partial charge in [-0.2, -0.15) is 23.8 Å². The number of amides is 1. The second-order valence-electron chi connectivity index (χ2n) is 9.08. The Balaban J connectivity index is 1.33. The van der Waals surface area contributed by atoms with Crippen LogP contribution >= 0.6 is 22.2 Å². The van der Waals surface area contributed by atoms with Gasteiger partial charge in [0.05, 0.1) is 41.9 Å². The van der Waals surface area contributed by atoms with Crippen molar-refractivity contribution in [2.45, 2.75) is 17.4 Å². The molecule has 5 rings (SSSR count). The standard InChI is InChI=1S/C22H19ClF5N3O4S/c23-15-3-14(4-16(24)5-15)21(22(26,27)28)6-17(30-35-21)12-1-2-18(29-7-12)20(25)10-31(11-20)19(32)13-8-36(33,34)9-13/h1-7,13,30,33-34H,8-11H2. The van der Waals surface area contributed by atoms with Gasteiger partial charge in [0.2, 0.25) is 11.5 Å². The van der Waals surface area contributed by atoms with Gasteiger partial charge in [0.1, 0.15) is 5.82 Å². The lowest BCUT2D eigenvalue weighted by Crippen LogP contribution is -2.62. The SMILES string of the molecule is O=C(C1CS(O)(O)C1)N1CC(F)(c2ccc(C3=CC(c4cc(F)cc(Cl)c4)(C(F)(F)F)ON3)cn2)C1. The Bertz CT molecular complexity index is 1220. The summed E-state index contributed by atoms with van der Waals surface area (Å²) in [6.45, 7) is -0.537. The number of carbonyl (C=O) groups excluding carboxylic acids is 1. The molecule has 1 atom stereocenters. The van der Waals surface area contributed by atoms with Crippen molar-refractivity contribution in [3.63, 3.8) is 0 Å². The minimum absolute atomic E-state index is 0.00768. The Kier molecular flexibility index (Phi) is 5.80. The highest BCUT2D eigenvalue weighted by atomic mass is 35.5. The predicted molar refractivity (Wildman–Crippen MR) is 121 cm³/mol. The number of aromatic nitrogens is 1. The number of hydroxylamine groups is 1. The van der Waals surface area contributed by atoms with E-state index >= 15 is 4.39 Å². The van der Waals surface area contributed by atoms with Crippen LogP contribution in [0.25, 0.3) is 5.70 Å². The van der Waals surface area contributed by atoms with Crippen molar-refractivity contribution in [3.05, 3.63) is 70.3 Å². The molecule has 1 aromatic carbocycles. The van der Waals surface area contributed by atoms with Gasteiger partial charge in [-0.3, -0.25) is 29.2 Å². The maximum Gasteiger partial charge on any atom is 0.428 e. The van der Waals surface area contributed by atoms with Gasteiger partial charge in [0.25, 0.3) is 0 Å².